The van der Waals surface area contributed by atoms with Crippen LogP contribution in [0.3, 0.4) is 0 Å². The van der Waals surface area contributed by atoms with Gasteiger partial charge < -0.3 is 34.0 Å². The molecule has 2 N–H and O–H groups in total. The number of ether oxygens (including phenoxy) is 2. The van der Waals surface area contributed by atoms with E-state index >= 15 is 8.78 Å². The lowest BCUT2D eigenvalue weighted by atomic mass is 9.92. The Morgan fingerprint density at radius 2 is 1.90 bits per heavy atom. The molecule has 7 rings (SSSR count). The standard InChI is InChI=1S/C37H35F5N6O4/c1-46-12-8-20-16-28(36(50)21-14-25(38)32(26(39)15-21)45-30(49)7-4-10-43-22-9-13-52-18-22)48-11-5-6-23(34(20)48)31-24(37(40,41)42)17-27-33(35(31)46)44-29(19-51-3)47(27)2/h4-7,11,14-17,22,43H,8-10,12-13,18-19H2,1-3H3,(H,45,49)/b7-4+/t22-/m0/s1. The molecule has 0 radical (unpaired) electrons. The van der Waals surface area contributed by atoms with Gasteiger partial charge in [-0.2, -0.15) is 13.2 Å². The maximum atomic E-state index is 15.3. The van der Waals surface area contributed by atoms with E-state index in [0.717, 1.165) is 30.7 Å². The molecule has 1 atom stereocenters. The van der Waals surface area contributed by atoms with E-state index in [-0.39, 0.29) is 52.8 Å². The number of aryl methyl sites for hydroxylation is 1. The van der Waals surface area contributed by atoms with Crippen LogP contribution in [0.25, 0.3) is 27.7 Å². The first kappa shape index (κ1) is 35.3. The molecule has 2 aromatic carbocycles. The number of methoxy groups -OCH3 is 1. The summed E-state index contributed by atoms with van der Waals surface area (Å²) in [7, 11) is 4.81. The molecule has 1 amide bonds. The second kappa shape index (κ2) is 13.8. The Labute approximate surface area is 294 Å². The van der Waals surface area contributed by atoms with Gasteiger partial charge in [0.05, 0.1) is 34.6 Å². The smallest absolute Gasteiger partial charge is 0.380 e. The molecule has 0 aliphatic carbocycles. The number of carbonyl (C=O) groups excluding carboxylic acids is 2. The third-order valence-electron chi connectivity index (χ3n) is 9.57. The Morgan fingerprint density at radius 3 is 2.60 bits per heavy atom. The molecule has 10 nitrogen and oxygen atoms in total. The van der Waals surface area contributed by atoms with E-state index in [9.17, 15) is 22.8 Å². The number of benzene rings is 2. The van der Waals surface area contributed by atoms with Gasteiger partial charge in [-0.1, -0.05) is 12.1 Å². The minimum atomic E-state index is -4.76. The zero-order valence-electron chi connectivity index (χ0n) is 28.5. The van der Waals surface area contributed by atoms with Crippen molar-refractivity contribution < 1.29 is 41.0 Å². The minimum absolute atomic E-state index is 0.00601. The van der Waals surface area contributed by atoms with Gasteiger partial charge in [0.1, 0.15) is 35.3 Å². The first-order valence-corrected chi connectivity index (χ1v) is 16.6. The van der Waals surface area contributed by atoms with Crippen LogP contribution < -0.4 is 15.5 Å². The summed E-state index contributed by atoms with van der Waals surface area (Å²) in [6.07, 6.45) is 0.630. The minimum Gasteiger partial charge on any atom is -0.380 e. The third-order valence-corrected chi connectivity index (χ3v) is 9.57. The second-order valence-corrected chi connectivity index (χ2v) is 12.9. The molecule has 0 unspecified atom stereocenters. The van der Waals surface area contributed by atoms with Crippen molar-refractivity contribution in [3.05, 3.63) is 94.6 Å². The first-order valence-electron chi connectivity index (χ1n) is 16.6. The van der Waals surface area contributed by atoms with Crippen LogP contribution >= 0.6 is 0 Å². The molecule has 0 spiro atoms. The number of carbonyl (C=O) groups is 2. The van der Waals surface area contributed by atoms with E-state index in [1.807, 2.05) is 0 Å². The zero-order chi connectivity index (χ0) is 36.9. The van der Waals surface area contributed by atoms with E-state index in [1.54, 1.807) is 35.7 Å². The van der Waals surface area contributed by atoms with Crippen LogP contribution in [-0.4, -0.2) is 72.1 Å². The Hall–Kier alpha value is -5.12. The summed E-state index contributed by atoms with van der Waals surface area (Å²) in [5, 5.41) is 5.37. The van der Waals surface area contributed by atoms with Crippen LogP contribution in [-0.2, 0) is 40.5 Å². The van der Waals surface area contributed by atoms with Gasteiger partial charge in [-0.3, -0.25) is 9.59 Å². The molecule has 52 heavy (non-hydrogen) atoms. The number of pyridine rings is 1. The maximum Gasteiger partial charge on any atom is 0.417 e. The van der Waals surface area contributed by atoms with Crippen molar-refractivity contribution in [2.24, 2.45) is 7.05 Å². The fraction of sp³-hybridized carbons (Fsp3) is 0.324. The number of halogens is 5. The normalized spacial score (nSPS) is 16.2. The number of nitrogens with one attached hydrogen (secondary N) is 2. The van der Waals surface area contributed by atoms with Crippen molar-refractivity contribution in [3.63, 3.8) is 0 Å². The average Bonchev–Trinajstić information content (AvgIpc) is 3.83. The quantitative estimate of drug-likeness (QED) is 0.109. The van der Waals surface area contributed by atoms with Crippen molar-refractivity contribution in [3.8, 4) is 11.1 Å². The molecule has 0 bridgehead atoms. The highest BCUT2D eigenvalue weighted by molar-refractivity contribution is 6.11. The summed E-state index contributed by atoms with van der Waals surface area (Å²) in [6, 6.07) is 7.54. The second-order valence-electron chi connectivity index (χ2n) is 12.9. The highest BCUT2D eigenvalue weighted by Crippen LogP contribution is 2.49. The zero-order valence-corrected chi connectivity index (χ0v) is 28.5. The molecule has 2 aliphatic rings. The number of amides is 1. The number of rotatable bonds is 9. The average molecular weight is 723 g/mol. The number of ketones is 1. The molecule has 2 aliphatic heterocycles. The van der Waals surface area contributed by atoms with Crippen molar-refractivity contribution in [1.29, 1.82) is 0 Å². The number of imidazole rings is 1. The summed E-state index contributed by atoms with van der Waals surface area (Å²) in [5.41, 5.74) is 0.0939. The molecule has 1 saturated heterocycles. The van der Waals surface area contributed by atoms with E-state index in [1.165, 1.54) is 29.8 Å². The number of aromatic nitrogens is 3. The van der Waals surface area contributed by atoms with Crippen LogP contribution in [0.4, 0.5) is 33.3 Å². The van der Waals surface area contributed by atoms with Crippen molar-refractivity contribution in [2.75, 3.05) is 50.7 Å². The molecule has 0 saturated carbocycles. The van der Waals surface area contributed by atoms with Crippen LogP contribution in [0.2, 0.25) is 0 Å². The lowest BCUT2D eigenvalue weighted by Gasteiger charge is -2.28. The number of likely N-dealkylation sites (N-methyl/N-ethyl adjacent to an activating group) is 1. The van der Waals surface area contributed by atoms with E-state index in [0.29, 0.717) is 48.6 Å². The number of hydrogen-bond donors (Lipinski definition) is 2. The molecule has 3 aromatic heterocycles. The third kappa shape index (κ3) is 6.33. The van der Waals surface area contributed by atoms with Gasteiger partial charge in [-0.15, -0.1) is 0 Å². The summed E-state index contributed by atoms with van der Waals surface area (Å²) < 4.78 is 89.0. The van der Waals surface area contributed by atoms with Gasteiger partial charge >= 0.3 is 6.18 Å². The Balaban J connectivity index is 1.27. The van der Waals surface area contributed by atoms with Crippen LogP contribution in [0, 0.1) is 11.6 Å². The van der Waals surface area contributed by atoms with Crippen LogP contribution in [0.1, 0.15) is 39.4 Å². The maximum absolute atomic E-state index is 15.3. The van der Waals surface area contributed by atoms with Gasteiger partial charge in [0, 0.05) is 75.9 Å². The largest absolute Gasteiger partial charge is 0.417 e. The summed E-state index contributed by atoms with van der Waals surface area (Å²) in [5.74, 6) is -3.40. The predicted molar refractivity (Wildman–Crippen MR) is 185 cm³/mol. The van der Waals surface area contributed by atoms with Crippen molar-refractivity contribution in [2.45, 2.75) is 31.7 Å². The van der Waals surface area contributed by atoms with Crippen molar-refractivity contribution in [1.82, 2.24) is 19.3 Å². The summed E-state index contributed by atoms with van der Waals surface area (Å²) in [4.78, 5) is 32.8. The number of anilines is 2. The number of alkyl halides is 3. The fourth-order valence-corrected chi connectivity index (χ4v) is 7.02. The van der Waals surface area contributed by atoms with Gasteiger partial charge in [0.2, 0.25) is 11.7 Å². The number of nitrogens with zero attached hydrogens (tertiary/aromatic N) is 4. The van der Waals surface area contributed by atoms with Crippen LogP contribution in [0.15, 0.2) is 54.7 Å². The fourth-order valence-electron chi connectivity index (χ4n) is 7.02. The van der Waals surface area contributed by atoms with Gasteiger partial charge in [-0.05, 0) is 48.7 Å². The summed E-state index contributed by atoms with van der Waals surface area (Å²) >= 11 is 0. The molecule has 5 heterocycles. The number of fused-ring (bicyclic) bond motifs is 4. The summed E-state index contributed by atoms with van der Waals surface area (Å²) in [6.45, 7) is 1.95. The molecule has 5 aromatic rings. The Bertz CT molecular complexity index is 2230. The van der Waals surface area contributed by atoms with Crippen molar-refractivity contribution >= 4 is 39.6 Å². The predicted octanol–water partition coefficient (Wildman–Crippen LogP) is 6.03. The molecular weight excluding hydrogens is 687 g/mol. The van der Waals surface area contributed by atoms with Crippen LogP contribution in [0.5, 0.6) is 0 Å². The molecule has 1 fully saturated rings. The van der Waals surface area contributed by atoms with E-state index in [2.05, 4.69) is 15.6 Å². The highest BCUT2D eigenvalue weighted by atomic mass is 19.4. The highest BCUT2D eigenvalue weighted by Gasteiger charge is 2.39. The van der Waals surface area contributed by atoms with Gasteiger partial charge in [0.15, 0.2) is 0 Å². The van der Waals surface area contributed by atoms with Gasteiger partial charge in [-0.25, -0.2) is 13.8 Å². The Kier molecular flexibility index (Phi) is 9.35. The molecule has 15 heteroatoms. The Morgan fingerprint density at radius 1 is 1.13 bits per heavy atom. The topological polar surface area (TPSA) is 102 Å². The SMILES string of the molecule is COCc1nc2c3c(c(C(F)(F)F)cc2n1C)-c1cccn2c(C(=O)c4cc(F)c(NC(=O)/C=C/CN[C@H]5CCOC5)c(F)c4)cc(c12)CCN3C. The molecule has 272 valence electrons. The lowest BCUT2D eigenvalue weighted by Crippen LogP contribution is -2.29. The first-order chi connectivity index (χ1) is 24.9. The van der Waals surface area contributed by atoms with E-state index in [4.69, 9.17) is 9.47 Å². The van der Waals surface area contributed by atoms with E-state index < -0.39 is 40.8 Å². The monoisotopic (exact) mass is 722 g/mol. The molecular formula is C37H35F5N6O4. The lowest BCUT2D eigenvalue weighted by molar-refractivity contribution is -0.137. The van der Waals surface area contributed by atoms with Gasteiger partial charge in [0.25, 0.3) is 0 Å². The number of hydrogen-bond acceptors (Lipinski definition) is 7.